The van der Waals surface area contributed by atoms with E-state index in [0.717, 1.165) is 31.0 Å². The van der Waals surface area contributed by atoms with Gasteiger partial charge < -0.3 is 19.8 Å². The van der Waals surface area contributed by atoms with Crippen molar-refractivity contribution in [1.29, 1.82) is 0 Å². The van der Waals surface area contributed by atoms with Crippen molar-refractivity contribution in [3.63, 3.8) is 0 Å². The number of ether oxygens (including phenoxy) is 2. The summed E-state index contributed by atoms with van der Waals surface area (Å²) >= 11 is 1.44. The van der Waals surface area contributed by atoms with Gasteiger partial charge in [-0.1, -0.05) is 11.8 Å². The minimum absolute atomic E-state index is 0.0383. The van der Waals surface area contributed by atoms with Crippen molar-refractivity contribution in [2.45, 2.75) is 28.8 Å². The summed E-state index contributed by atoms with van der Waals surface area (Å²) in [6.45, 7) is 3.61. The molecule has 1 unspecified atom stereocenters. The van der Waals surface area contributed by atoms with Gasteiger partial charge in [-0.25, -0.2) is 0 Å². The van der Waals surface area contributed by atoms with Gasteiger partial charge in [0.2, 0.25) is 4.93 Å². The molecular weight excluding hydrogens is 302 g/mol. The van der Waals surface area contributed by atoms with Gasteiger partial charge in [-0.2, -0.15) is 0 Å². The van der Waals surface area contributed by atoms with E-state index in [2.05, 4.69) is 15.2 Å². The minimum Gasteiger partial charge on any atom is -0.379 e. The van der Waals surface area contributed by atoms with Crippen LogP contribution in [0.4, 0.5) is 0 Å². The highest BCUT2D eigenvalue weighted by atomic mass is 32.2. The van der Waals surface area contributed by atoms with Gasteiger partial charge in [-0.15, -0.1) is 0 Å². The van der Waals surface area contributed by atoms with E-state index in [9.17, 15) is 4.79 Å². The molecule has 0 aromatic carbocycles. The van der Waals surface area contributed by atoms with E-state index < -0.39 is 4.93 Å². The summed E-state index contributed by atoms with van der Waals surface area (Å²) in [6.07, 6.45) is 3.99. The molecule has 22 heavy (non-hydrogen) atoms. The minimum atomic E-state index is -0.940. The number of H-pyrrole nitrogens is 1. The molecule has 1 aliphatic carbocycles. The lowest BCUT2D eigenvalue weighted by Crippen LogP contribution is -2.55. The number of carbonyl (C=O) groups excluding carboxylic acids is 1. The Morgan fingerprint density at radius 1 is 1.55 bits per heavy atom. The Labute approximate surface area is 134 Å². The molecule has 3 rings (SSSR count). The van der Waals surface area contributed by atoms with Crippen LogP contribution >= 0.6 is 11.8 Å². The van der Waals surface area contributed by atoms with Crippen LogP contribution in [-0.2, 0) is 14.3 Å². The fourth-order valence-corrected chi connectivity index (χ4v) is 3.59. The molecule has 1 aromatic heterocycles. The van der Waals surface area contributed by atoms with E-state index in [-0.39, 0.29) is 5.91 Å². The molecule has 1 amide bonds. The van der Waals surface area contributed by atoms with Crippen LogP contribution in [0, 0.1) is 0 Å². The number of hydrogen-bond donors (Lipinski definition) is 2. The molecule has 0 bridgehead atoms. The maximum absolute atomic E-state index is 12.8. The molecule has 6 nitrogen and oxygen atoms in total. The standard InChI is InChI=1S/C15H23N3O3S/c1-20-15(14(19)17-12-4-5-12,22-13-3-2-6-16-13)11-18-7-9-21-10-8-18/h2-3,6,12,16H,4-5,7-11H2,1H3,(H,17,19). The summed E-state index contributed by atoms with van der Waals surface area (Å²) in [5, 5.41) is 4.02. The number of nitrogens with zero attached hydrogens (tertiary/aromatic N) is 1. The highest BCUT2D eigenvalue weighted by molar-refractivity contribution is 8.01. The third-order valence-corrected chi connectivity index (χ3v) is 5.25. The van der Waals surface area contributed by atoms with Gasteiger partial charge in [0, 0.05) is 39.0 Å². The van der Waals surface area contributed by atoms with Crippen LogP contribution < -0.4 is 5.32 Å². The van der Waals surface area contributed by atoms with E-state index in [1.165, 1.54) is 11.8 Å². The number of morpholine rings is 1. The summed E-state index contributed by atoms with van der Waals surface area (Å²) in [5.74, 6) is -0.0383. The first-order valence-electron chi connectivity index (χ1n) is 7.70. The Balaban J connectivity index is 1.75. The van der Waals surface area contributed by atoms with E-state index >= 15 is 0 Å². The van der Waals surface area contributed by atoms with E-state index in [1.54, 1.807) is 7.11 Å². The summed E-state index contributed by atoms with van der Waals surface area (Å²) < 4.78 is 11.1. The van der Waals surface area contributed by atoms with Crippen molar-refractivity contribution in [3.05, 3.63) is 18.3 Å². The Morgan fingerprint density at radius 3 is 2.91 bits per heavy atom. The van der Waals surface area contributed by atoms with Crippen LogP contribution in [0.25, 0.3) is 0 Å². The van der Waals surface area contributed by atoms with Gasteiger partial charge in [-0.05, 0) is 25.0 Å². The van der Waals surface area contributed by atoms with Crippen molar-refractivity contribution in [2.75, 3.05) is 40.0 Å². The molecule has 2 aliphatic rings. The lowest BCUT2D eigenvalue weighted by atomic mass is 10.2. The van der Waals surface area contributed by atoms with Gasteiger partial charge in [-0.3, -0.25) is 9.69 Å². The first-order chi connectivity index (χ1) is 10.7. The zero-order valence-electron chi connectivity index (χ0n) is 12.8. The molecule has 1 saturated carbocycles. The van der Waals surface area contributed by atoms with Gasteiger partial charge in [0.25, 0.3) is 5.91 Å². The smallest absolute Gasteiger partial charge is 0.264 e. The molecule has 0 radical (unpaired) electrons. The summed E-state index contributed by atoms with van der Waals surface area (Å²) in [4.78, 5) is 17.3. The molecule has 1 aliphatic heterocycles. The molecule has 1 saturated heterocycles. The number of amides is 1. The second-order valence-corrected chi connectivity index (χ2v) is 7.03. The van der Waals surface area contributed by atoms with Crippen molar-refractivity contribution in [1.82, 2.24) is 15.2 Å². The van der Waals surface area contributed by atoms with Gasteiger partial charge >= 0.3 is 0 Å². The van der Waals surface area contributed by atoms with Gasteiger partial charge in [0.15, 0.2) is 0 Å². The quantitative estimate of drug-likeness (QED) is 0.580. The third-order valence-electron chi connectivity index (χ3n) is 3.97. The second-order valence-electron chi connectivity index (χ2n) is 5.73. The number of thioether (sulfide) groups is 1. The van der Waals surface area contributed by atoms with Gasteiger partial charge in [0.1, 0.15) is 0 Å². The molecule has 2 heterocycles. The lowest BCUT2D eigenvalue weighted by Gasteiger charge is -2.36. The Hall–Kier alpha value is -1.02. The van der Waals surface area contributed by atoms with Crippen LogP contribution in [-0.4, -0.2) is 66.7 Å². The van der Waals surface area contributed by atoms with Crippen LogP contribution in [0.1, 0.15) is 12.8 Å². The Bertz CT molecular complexity index is 486. The summed E-state index contributed by atoms with van der Waals surface area (Å²) in [7, 11) is 1.61. The first-order valence-corrected chi connectivity index (χ1v) is 8.52. The van der Waals surface area contributed by atoms with Crippen LogP contribution in [0.15, 0.2) is 23.4 Å². The lowest BCUT2D eigenvalue weighted by molar-refractivity contribution is -0.136. The van der Waals surface area contributed by atoms with Crippen molar-refractivity contribution in [2.24, 2.45) is 0 Å². The number of methoxy groups -OCH3 is 1. The zero-order valence-corrected chi connectivity index (χ0v) is 13.7. The van der Waals surface area contributed by atoms with E-state index in [4.69, 9.17) is 9.47 Å². The summed E-state index contributed by atoms with van der Waals surface area (Å²) in [6, 6.07) is 4.20. The molecule has 0 spiro atoms. The van der Waals surface area contributed by atoms with E-state index in [1.807, 2.05) is 18.3 Å². The van der Waals surface area contributed by atoms with Crippen molar-refractivity contribution in [3.8, 4) is 0 Å². The molecular formula is C15H23N3O3S. The number of carbonyl (C=O) groups is 1. The number of rotatable bonds is 7. The Morgan fingerprint density at radius 2 is 2.32 bits per heavy atom. The predicted molar refractivity (Wildman–Crippen MR) is 84.8 cm³/mol. The Kier molecular flexibility index (Phi) is 5.07. The largest absolute Gasteiger partial charge is 0.379 e. The monoisotopic (exact) mass is 325 g/mol. The molecule has 1 atom stereocenters. The highest BCUT2D eigenvalue weighted by Gasteiger charge is 2.44. The first kappa shape index (κ1) is 15.9. The van der Waals surface area contributed by atoms with Crippen molar-refractivity contribution >= 4 is 17.7 Å². The number of nitrogens with one attached hydrogen (secondary N) is 2. The predicted octanol–water partition coefficient (Wildman–Crippen LogP) is 1.06. The zero-order chi connectivity index (χ0) is 15.4. The van der Waals surface area contributed by atoms with Crippen LogP contribution in [0.2, 0.25) is 0 Å². The fourth-order valence-electron chi connectivity index (χ4n) is 2.48. The van der Waals surface area contributed by atoms with E-state index in [0.29, 0.717) is 25.8 Å². The number of hydrogen-bond acceptors (Lipinski definition) is 5. The molecule has 7 heteroatoms. The van der Waals surface area contributed by atoms with Gasteiger partial charge in [0.05, 0.1) is 18.2 Å². The van der Waals surface area contributed by atoms with Crippen molar-refractivity contribution < 1.29 is 14.3 Å². The third kappa shape index (κ3) is 3.84. The molecule has 1 aromatic rings. The maximum atomic E-state index is 12.8. The van der Waals surface area contributed by atoms with Crippen LogP contribution in [0.5, 0.6) is 0 Å². The maximum Gasteiger partial charge on any atom is 0.264 e. The SMILES string of the molecule is COC(CN1CCOCC1)(Sc1ccc[nH]1)C(=O)NC1CC1. The molecule has 2 N–H and O–H groups in total. The molecule has 122 valence electrons. The van der Waals surface area contributed by atoms with Crippen LogP contribution in [0.3, 0.4) is 0 Å². The highest BCUT2D eigenvalue weighted by Crippen LogP contribution is 2.35. The number of aromatic amines is 1. The number of aromatic nitrogens is 1. The summed E-state index contributed by atoms with van der Waals surface area (Å²) in [5.41, 5.74) is 0. The average molecular weight is 325 g/mol. The fraction of sp³-hybridized carbons (Fsp3) is 0.667. The molecule has 2 fully saturated rings. The second kappa shape index (κ2) is 7.04. The topological polar surface area (TPSA) is 66.6 Å². The average Bonchev–Trinajstić information content (AvgIpc) is 3.21. The normalized spacial score (nSPS) is 22.2.